The van der Waals surface area contributed by atoms with Crippen molar-refractivity contribution in [2.45, 2.75) is 19.9 Å². The lowest BCUT2D eigenvalue weighted by Crippen LogP contribution is -2.48. The van der Waals surface area contributed by atoms with Gasteiger partial charge in [-0.2, -0.15) is 0 Å². The van der Waals surface area contributed by atoms with E-state index in [2.05, 4.69) is 36.1 Å². The lowest BCUT2D eigenvalue weighted by Gasteiger charge is -2.35. The first kappa shape index (κ1) is 16.5. The van der Waals surface area contributed by atoms with Crippen LogP contribution in [0.1, 0.15) is 16.7 Å². The minimum absolute atomic E-state index is 0.204. The molecule has 1 fully saturated rings. The third-order valence-corrected chi connectivity index (χ3v) is 4.72. The summed E-state index contributed by atoms with van der Waals surface area (Å²) in [6.07, 6.45) is 0.456. The Kier molecular flexibility index (Phi) is 5.16. The highest BCUT2D eigenvalue weighted by molar-refractivity contribution is 5.79. The summed E-state index contributed by atoms with van der Waals surface area (Å²) in [5, 5.41) is 0. The molecule has 1 aliphatic rings. The summed E-state index contributed by atoms with van der Waals surface area (Å²) in [6.45, 7) is 6.59. The van der Waals surface area contributed by atoms with E-state index in [1.807, 2.05) is 29.2 Å². The molecule has 0 spiro atoms. The zero-order valence-corrected chi connectivity index (χ0v) is 14.2. The van der Waals surface area contributed by atoms with Gasteiger partial charge in [0.2, 0.25) is 5.91 Å². The van der Waals surface area contributed by atoms with Crippen LogP contribution < -0.4 is 5.73 Å². The van der Waals surface area contributed by atoms with Gasteiger partial charge in [0, 0.05) is 38.4 Å². The van der Waals surface area contributed by atoms with Crippen LogP contribution in [0.2, 0.25) is 0 Å². The number of nitrogens with zero attached hydrogens (tertiary/aromatic N) is 2. The van der Waals surface area contributed by atoms with Crippen molar-refractivity contribution < 1.29 is 4.79 Å². The van der Waals surface area contributed by atoms with Crippen molar-refractivity contribution in [3.05, 3.63) is 65.2 Å². The highest BCUT2D eigenvalue weighted by Crippen LogP contribution is 2.14. The zero-order chi connectivity index (χ0) is 16.9. The smallest absolute Gasteiger partial charge is 0.227 e. The highest BCUT2D eigenvalue weighted by Gasteiger charge is 2.21. The number of benzene rings is 2. The fourth-order valence-corrected chi connectivity index (χ4v) is 3.11. The van der Waals surface area contributed by atoms with E-state index in [0.29, 0.717) is 6.42 Å². The molecule has 1 saturated heterocycles. The van der Waals surface area contributed by atoms with E-state index in [1.54, 1.807) is 0 Å². The summed E-state index contributed by atoms with van der Waals surface area (Å²) in [7, 11) is 0. The number of amides is 1. The lowest BCUT2D eigenvalue weighted by molar-refractivity contribution is -0.132. The van der Waals surface area contributed by atoms with E-state index in [9.17, 15) is 4.79 Å². The van der Waals surface area contributed by atoms with Crippen LogP contribution in [-0.2, 0) is 17.8 Å². The number of aryl methyl sites for hydroxylation is 1. The number of carbonyl (C=O) groups excluding carboxylic acids is 1. The van der Waals surface area contributed by atoms with Gasteiger partial charge in [0.15, 0.2) is 0 Å². The van der Waals surface area contributed by atoms with Gasteiger partial charge in [0.1, 0.15) is 0 Å². The number of piperazine rings is 1. The van der Waals surface area contributed by atoms with Gasteiger partial charge in [-0.25, -0.2) is 0 Å². The molecule has 0 atom stereocenters. The third-order valence-electron chi connectivity index (χ3n) is 4.72. The van der Waals surface area contributed by atoms with Crippen LogP contribution in [0, 0.1) is 6.92 Å². The van der Waals surface area contributed by atoms with Crippen LogP contribution in [0.25, 0.3) is 0 Å². The van der Waals surface area contributed by atoms with Gasteiger partial charge >= 0.3 is 0 Å². The number of hydrogen-bond donors (Lipinski definition) is 1. The van der Waals surface area contributed by atoms with Crippen LogP contribution in [0.15, 0.2) is 48.5 Å². The molecule has 0 aliphatic carbocycles. The molecule has 2 aromatic carbocycles. The lowest BCUT2D eigenvalue weighted by atomic mass is 10.1. The highest BCUT2D eigenvalue weighted by atomic mass is 16.2. The van der Waals surface area contributed by atoms with Crippen molar-refractivity contribution in [3.8, 4) is 0 Å². The molecule has 126 valence electrons. The van der Waals surface area contributed by atoms with Crippen molar-refractivity contribution in [2.24, 2.45) is 0 Å². The Morgan fingerprint density at radius 1 is 1.00 bits per heavy atom. The van der Waals surface area contributed by atoms with E-state index in [1.165, 1.54) is 11.1 Å². The fourth-order valence-electron chi connectivity index (χ4n) is 3.11. The molecule has 24 heavy (non-hydrogen) atoms. The van der Waals surface area contributed by atoms with Crippen LogP contribution in [0.5, 0.6) is 0 Å². The summed E-state index contributed by atoms with van der Waals surface area (Å²) in [5.74, 6) is 0.204. The third kappa shape index (κ3) is 4.15. The van der Waals surface area contributed by atoms with E-state index in [0.717, 1.165) is 44.0 Å². The second-order valence-corrected chi connectivity index (χ2v) is 6.50. The molecule has 4 nitrogen and oxygen atoms in total. The van der Waals surface area contributed by atoms with Crippen LogP contribution in [0.3, 0.4) is 0 Å². The van der Waals surface area contributed by atoms with Gasteiger partial charge in [-0.1, -0.05) is 36.4 Å². The van der Waals surface area contributed by atoms with Gasteiger partial charge < -0.3 is 10.6 Å². The average molecular weight is 323 g/mol. The largest absolute Gasteiger partial charge is 0.399 e. The maximum Gasteiger partial charge on any atom is 0.227 e. The van der Waals surface area contributed by atoms with Gasteiger partial charge in [0.25, 0.3) is 0 Å². The maximum atomic E-state index is 12.4. The first-order valence-electron chi connectivity index (χ1n) is 8.51. The standard InChI is InChI=1S/C20H25N3O/c1-16-4-2-3-5-18(16)15-22-10-12-23(13-11-22)20(24)14-17-6-8-19(21)9-7-17/h2-9H,10-15,21H2,1H3. The number of nitrogen functional groups attached to an aromatic ring is 1. The number of hydrogen-bond acceptors (Lipinski definition) is 3. The predicted octanol–water partition coefficient (Wildman–Crippen LogP) is 2.46. The molecule has 1 amide bonds. The monoisotopic (exact) mass is 323 g/mol. The van der Waals surface area contributed by atoms with Crippen molar-refractivity contribution in [2.75, 3.05) is 31.9 Å². The first-order valence-corrected chi connectivity index (χ1v) is 8.51. The summed E-state index contributed by atoms with van der Waals surface area (Å²) in [6, 6.07) is 16.1. The Morgan fingerprint density at radius 2 is 1.67 bits per heavy atom. The molecule has 0 saturated carbocycles. The molecule has 3 rings (SSSR count). The quantitative estimate of drug-likeness (QED) is 0.880. The minimum atomic E-state index is 0.204. The van der Waals surface area contributed by atoms with Gasteiger partial charge in [0.05, 0.1) is 6.42 Å². The molecule has 0 radical (unpaired) electrons. The molecule has 4 heteroatoms. The Morgan fingerprint density at radius 3 is 2.33 bits per heavy atom. The zero-order valence-electron chi connectivity index (χ0n) is 14.2. The van der Waals surface area contributed by atoms with Crippen molar-refractivity contribution in [1.82, 2.24) is 9.80 Å². The van der Waals surface area contributed by atoms with E-state index in [-0.39, 0.29) is 5.91 Å². The summed E-state index contributed by atoms with van der Waals surface area (Å²) in [5.41, 5.74) is 10.2. The maximum absolute atomic E-state index is 12.4. The van der Waals surface area contributed by atoms with Crippen molar-refractivity contribution in [3.63, 3.8) is 0 Å². The summed E-state index contributed by atoms with van der Waals surface area (Å²) >= 11 is 0. The van der Waals surface area contributed by atoms with E-state index < -0.39 is 0 Å². The Balaban J connectivity index is 1.50. The molecular formula is C20H25N3O. The van der Waals surface area contributed by atoms with Crippen molar-refractivity contribution in [1.29, 1.82) is 0 Å². The van der Waals surface area contributed by atoms with Crippen LogP contribution >= 0.6 is 0 Å². The van der Waals surface area contributed by atoms with E-state index in [4.69, 9.17) is 5.73 Å². The molecular weight excluding hydrogens is 298 g/mol. The Labute approximate surface area is 143 Å². The normalized spacial score (nSPS) is 15.5. The number of anilines is 1. The number of carbonyl (C=O) groups is 1. The first-order chi connectivity index (χ1) is 11.6. The van der Waals surface area contributed by atoms with Crippen molar-refractivity contribution >= 4 is 11.6 Å². The molecule has 1 heterocycles. The summed E-state index contributed by atoms with van der Waals surface area (Å²) in [4.78, 5) is 16.9. The van der Waals surface area contributed by atoms with Gasteiger partial charge in [-0.05, 0) is 35.7 Å². The topological polar surface area (TPSA) is 49.6 Å². The molecule has 2 aromatic rings. The van der Waals surface area contributed by atoms with E-state index >= 15 is 0 Å². The Hall–Kier alpha value is -2.33. The minimum Gasteiger partial charge on any atom is -0.399 e. The SMILES string of the molecule is Cc1ccccc1CN1CCN(C(=O)Cc2ccc(N)cc2)CC1. The predicted molar refractivity (Wildman–Crippen MR) is 97.6 cm³/mol. The van der Waals surface area contributed by atoms with Gasteiger partial charge in [-0.15, -0.1) is 0 Å². The second kappa shape index (κ2) is 7.49. The molecule has 1 aliphatic heterocycles. The number of rotatable bonds is 4. The summed E-state index contributed by atoms with van der Waals surface area (Å²) < 4.78 is 0. The molecule has 2 N–H and O–H groups in total. The average Bonchev–Trinajstić information content (AvgIpc) is 2.59. The van der Waals surface area contributed by atoms with Crippen LogP contribution in [-0.4, -0.2) is 41.9 Å². The van der Waals surface area contributed by atoms with Crippen LogP contribution in [0.4, 0.5) is 5.69 Å². The Bertz CT molecular complexity index is 688. The molecule has 0 aromatic heterocycles. The molecule has 0 unspecified atom stereocenters. The molecule has 0 bridgehead atoms. The number of nitrogens with two attached hydrogens (primary N) is 1. The second-order valence-electron chi connectivity index (χ2n) is 6.50. The fraction of sp³-hybridized carbons (Fsp3) is 0.350. The van der Waals surface area contributed by atoms with Gasteiger partial charge in [-0.3, -0.25) is 9.69 Å².